The van der Waals surface area contributed by atoms with Crippen molar-refractivity contribution in [1.29, 1.82) is 0 Å². The summed E-state index contributed by atoms with van der Waals surface area (Å²) in [6.07, 6.45) is 0. The van der Waals surface area contributed by atoms with E-state index in [1.807, 2.05) is 13.8 Å². The van der Waals surface area contributed by atoms with Gasteiger partial charge in [0.1, 0.15) is 11.3 Å². The molecule has 0 saturated carbocycles. The van der Waals surface area contributed by atoms with Crippen molar-refractivity contribution in [2.75, 3.05) is 13.9 Å². The minimum atomic E-state index is -0.753. The van der Waals surface area contributed by atoms with Crippen LogP contribution in [-0.4, -0.2) is 24.4 Å². The van der Waals surface area contributed by atoms with E-state index < -0.39 is 11.9 Å². The molecule has 1 atom stereocenters. The van der Waals surface area contributed by atoms with Gasteiger partial charge in [0, 0.05) is 18.3 Å². The Morgan fingerprint density at radius 3 is 2.71 bits per heavy atom. The number of aryl methyl sites for hydroxylation is 1. The molecule has 0 saturated heterocycles. The van der Waals surface area contributed by atoms with E-state index in [4.69, 9.17) is 24.7 Å². The molecule has 8 heteroatoms. The van der Waals surface area contributed by atoms with Crippen LogP contribution in [0.1, 0.15) is 29.7 Å². The molecule has 28 heavy (non-hydrogen) atoms. The van der Waals surface area contributed by atoms with Gasteiger partial charge in [-0.1, -0.05) is 6.07 Å². The number of pyridine rings is 1. The summed E-state index contributed by atoms with van der Waals surface area (Å²) in [5.41, 5.74) is 7.64. The van der Waals surface area contributed by atoms with Crippen LogP contribution < -0.4 is 25.5 Å². The Morgan fingerprint density at radius 2 is 2.00 bits per heavy atom. The van der Waals surface area contributed by atoms with E-state index in [2.05, 4.69) is 0 Å². The number of methoxy groups -OCH3 is 1. The largest absolute Gasteiger partial charge is 0.465 e. The lowest BCUT2D eigenvalue weighted by Crippen LogP contribution is -2.34. The molecule has 0 spiro atoms. The Balaban J connectivity index is 2.00. The van der Waals surface area contributed by atoms with Crippen molar-refractivity contribution in [3.8, 4) is 17.2 Å². The normalized spacial score (nSPS) is 17.2. The first kappa shape index (κ1) is 18.0. The summed E-state index contributed by atoms with van der Waals surface area (Å²) in [5.74, 6) is -0.0285. The van der Waals surface area contributed by atoms with Crippen LogP contribution in [0.2, 0.25) is 0 Å². The number of benzene rings is 1. The molecule has 0 unspecified atom stereocenters. The zero-order valence-corrected chi connectivity index (χ0v) is 15.8. The summed E-state index contributed by atoms with van der Waals surface area (Å²) < 4.78 is 23.0. The minimum absolute atomic E-state index is 0.0810. The van der Waals surface area contributed by atoms with E-state index in [9.17, 15) is 9.59 Å². The van der Waals surface area contributed by atoms with Crippen LogP contribution in [0.3, 0.4) is 0 Å². The van der Waals surface area contributed by atoms with E-state index in [-0.39, 0.29) is 23.8 Å². The predicted molar refractivity (Wildman–Crippen MR) is 99.4 cm³/mol. The molecule has 0 bridgehead atoms. The summed E-state index contributed by atoms with van der Waals surface area (Å²) >= 11 is 0. The van der Waals surface area contributed by atoms with Gasteiger partial charge in [0.15, 0.2) is 11.5 Å². The number of rotatable bonds is 3. The maximum absolute atomic E-state index is 13.3. The molecule has 2 aromatic rings. The van der Waals surface area contributed by atoms with Crippen LogP contribution in [0.15, 0.2) is 40.5 Å². The van der Waals surface area contributed by atoms with Crippen molar-refractivity contribution in [2.24, 2.45) is 5.73 Å². The number of hydrogen-bond donors (Lipinski definition) is 1. The first-order valence-corrected chi connectivity index (χ1v) is 8.86. The van der Waals surface area contributed by atoms with Crippen LogP contribution >= 0.6 is 0 Å². The summed E-state index contributed by atoms with van der Waals surface area (Å²) in [4.78, 5) is 25.8. The molecule has 1 aromatic carbocycles. The number of esters is 1. The second kappa shape index (κ2) is 6.63. The Labute approximate surface area is 161 Å². The second-order valence-electron chi connectivity index (χ2n) is 6.53. The van der Waals surface area contributed by atoms with Gasteiger partial charge in [-0.05, 0) is 31.5 Å². The number of nitrogens with two attached hydrogens (primary N) is 1. The lowest BCUT2D eigenvalue weighted by molar-refractivity contribution is -0.136. The van der Waals surface area contributed by atoms with Gasteiger partial charge < -0.3 is 29.2 Å². The zero-order valence-electron chi connectivity index (χ0n) is 15.8. The summed E-state index contributed by atoms with van der Waals surface area (Å²) in [5, 5.41) is 0. The fourth-order valence-electron chi connectivity index (χ4n) is 3.71. The first-order valence-electron chi connectivity index (χ1n) is 8.86. The maximum atomic E-state index is 13.3. The average molecular weight is 384 g/mol. The molecule has 0 fully saturated rings. The van der Waals surface area contributed by atoms with Crippen LogP contribution in [0.25, 0.3) is 0 Å². The highest BCUT2D eigenvalue weighted by Gasteiger charge is 2.38. The highest BCUT2D eigenvalue weighted by atomic mass is 16.7. The van der Waals surface area contributed by atoms with Crippen molar-refractivity contribution in [1.82, 2.24) is 4.57 Å². The zero-order chi connectivity index (χ0) is 20.0. The molecule has 146 valence electrons. The molecule has 4 rings (SSSR count). The third-order valence-electron chi connectivity index (χ3n) is 5.02. The lowest BCUT2D eigenvalue weighted by Gasteiger charge is -2.28. The molecule has 2 aliphatic rings. The Morgan fingerprint density at radius 1 is 1.25 bits per heavy atom. The van der Waals surface area contributed by atoms with Crippen molar-refractivity contribution in [2.45, 2.75) is 26.3 Å². The van der Waals surface area contributed by atoms with Crippen LogP contribution in [-0.2, 0) is 16.1 Å². The molecule has 0 amide bonds. The van der Waals surface area contributed by atoms with Crippen molar-refractivity contribution >= 4 is 5.97 Å². The molecular formula is C20H20N2O6. The summed E-state index contributed by atoms with van der Waals surface area (Å²) in [7, 11) is 1.26. The van der Waals surface area contributed by atoms with Crippen molar-refractivity contribution in [3.63, 3.8) is 0 Å². The SMILES string of the molecule is CCn1c(C)cc2c(c1=O)[C@H](c1ccc3c(c1)OCO3)C(C(=O)OC)=C(N)O2. The summed E-state index contributed by atoms with van der Waals surface area (Å²) in [6.45, 7) is 4.30. The molecule has 2 aliphatic heterocycles. The smallest absolute Gasteiger partial charge is 0.340 e. The molecule has 8 nitrogen and oxygen atoms in total. The molecule has 2 N–H and O–H groups in total. The highest BCUT2D eigenvalue weighted by molar-refractivity contribution is 5.92. The topological polar surface area (TPSA) is 102 Å². The van der Waals surface area contributed by atoms with E-state index >= 15 is 0 Å². The molecular weight excluding hydrogens is 364 g/mol. The number of hydrogen-bond acceptors (Lipinski definition) is 7. The maximum Gasteiger partial charge on any atom is 0.340 e. The third-order valence-corrected chi connectivity index (χ3v) is 5.02. The van der Waals surface area contributed by atoms with Crippen LogP contribution in [0.4, 0.5) is 0 Å². The van der Waals surface area contributed by atoms with Gasteiger partial charge in [-0.15, -0.1) is 0 Å². The van der Waals surface area contributed by atoms with E-state index in [1.54, 1.807) is 28.8 Å². The van der Waals surface area contributed by atoms with E-state index in [1.165, 1.54) is 7.11 Å². The van der Waals surface area contributed by atoms with Gasteiger partial charge in [-0.25, -0.2) is 4.79 Å². The summed E-state index contributed by atoms with van der Waals surface area (Å²) in [6, 6.07) is 7.01. The predicted octanol–water partition coefficient (Wildman–Crippen LogP) is 1.77. The Kier molecular flexibility index (Phi) is 4.26. The molecule has 0 radical (unpaired) electrons. The van der Waals surface area contributed by atoms with Crippen molar-refractivity contribution < 1.29 is 23.7 Å². The van der Waals surface area contributed by atoms with E-state index in [0.717, 1.165) is 5.69 Å². The fraction of sp³-hybridized carbons (Fsp3) is 0.300. The number of aromatic nitrogens is 1. The first-order chi connectivity index (χ1) is 13.5. The van der Waals surface area contributed by atoms with Gasteiger partial charge >= 0.3 is 5.97 Å². The monoisotopic (exact) mass is 384 g/mol. The van der Waals surface area contributed by atoms with E-state index in [0.29, 0.717) is 34.9 Å². The highest BCUT2D eigenvalue weighted by Crippen LogP contribution is 2.44. The molecule has 0 aliphatic carbocycles. The fourth-order valence-corrected chi connectivity index (χ4v) is 3.71. The number of fused-ring (bicyclic) bond motifs is 2. The van der Waals surface area contributed by atoms with Crippen LogP contribution in [0, 0.1) is 6.92 Å². The standard InChI is InChI=1S/C20H20N2O6/c1-4-22-10(2)7-14-16(19(22)23)15(17(18(21)28-14)20(24)25-3)11-5-6-12-13(8-11)27-9-26-12/h5-8,15H,4,9,21H2,1-3H3/t15-/m0/s1. The Bertz CT molecular complexity index is 1070. The molecule has 1 aromatic heterocycles. The van der Waals surface area contributed by atoms with Gasteiger partial charge in [-0.3, -0.25) is 4.79 Å². The second-order valence-corrected chi connectivity index (χ2v) is 6.53. The molecule has 3 heterocycles. The number of nitrogens with zero attached hydrogens (tertiary/aromatic N) is 1. The third kappa shape index (κ3) is 2.60. The quantitative estimate of drug-likeness (QED) is 0.805. The number of carbonyl (C=O) groups excluding carboxylic acids is 1. The number of carbonyl (C=O) groups is 1. The van der Waals surface area contributed by atoms with Gasteiger partial charge in [0.25, 0.3) is 5.56 Å². The lowest BCUT2D eigenvalue weighted by atomic mass is 9.83. The van der Waals surface area contributed by atoms with Crippen molar-refractivity contribution in [3.05, 3.63) is 62.9 Å². The minimum Gasteiger partial charge on any atom is -0.465 e. The Hall–Kier alpha value is -3.42. The van der Waals surface area contributed by atoms with Gasteiger partial charge in [0.2, 0.25) is 12.7 Å². The number of ether oxygens (including phenoxy) is 4. The van der Waals surface area contributed by atoms with Crippen LogP contribution in [0.5, 0.6) is 17.2 Å². The average Bonchev–Trinajstić information content (AvgIpc) is 3.14. The van der Waals surface area contributed by atoms with Gasteiger partial charge in [-0.2, -0.15) is 0 Å². The van der Waals surface area contributed by atoms with Gasteiger partial charge in [0.05, 0.1) is 18.6 Å².